The average Bonchev–Trinajstić information content (AvgIpc) is 3.08. The fourth-order valence-corrected chi connectivity index (χ4v) is 2.30. The van der Waals surface area contributed by atoms with E-state index in [4.69, 9.17) is 4.42 Å². The molecule has 3 aromatic rings. The monoisotopic (exact) mass is 255 g/mol. The molecule has 1 atom stereocenters. The van der Waals surface area contributed by atoms with E-state index < -0.39 is 0 Å². The van der Waals surface area contributed by atoms with Crippen LogP contribution in [0.3, 0.4) is 0 Å². The second-order valence-electron chi connectivity index (χ2n) is 4.69. The standard InChI is InChI=1S/C15H17N3O/c1-11(15-9-16-10-19-15)17-7-6-12-8-18-14-5-3-2-4-13(12)14/h2-5,8-11,17-18H,6-7H2,1H3/t11-/m0/s1. The molecule has 0 unspecified atom stereocenters. The summed E-state index contributed by atoms with van der Waals surface area (Å²) in [4.78, 5) is 7.23. The highest BCUT2D eigenvalue weighted by Crippen LogP contribution is 2.18. The minimum atomic E-state index is 0.188. The topological polar surface area (TPSA) is 53.9 Å². The lowest BCUT2D eigenvalue weighted by Crippen LogP contribution is -2.20. The minimum Gasteiger partial charge on any atom is -0.447 e. The highest BCUT2D eigenvalue weighted by Gasteiger charge is 2.08. The Hall–Kier alpha value is -2.07. The van der Waals surface area contributed by atoms with Crippen LogP contribution in [0.1, 0.15) is 24.3 Å². The summed E-state index contributed by atoms with van der Waals surface area (Å²) in [5.41, 5.74) is 2.54. The van der Waals surface area contributed by atoms with E-state index in [-0.39, 0.29) is 6.04 Å². The predicted octanol–water partition coefficient (Wildman–Crippen LogP) is 3.05. The number of aromatic nitrogens is 2. The Morgan fingerprint density at radius 1 is 1.37 bits per heavy atom. The van der Waals surface area contributed by atoms with Gasteiger partial charge in [0, 0.05) is 17.1 Å². The number of nitrogens with one attached hydrogen (secondary N) is 2. The highest BCUT2D eigenvalue weighted by molar-refractivity contribution is 5.83. The number of nitrogens with zero attached hydrogens (tertiary/aromatic N) is 1. The van der Waals surface area contributed by atoms with E-state index >= 15 is 0 Å². The molecule has 0 bridgehead atoms. The van der Waals surface area contributed by atoms with Crippen LogP contribution in [0.25, 0.3) is 10.9 Å². The second kappa shape index (κ2) is 5.28. The summed E-state index contributed by atoms with van der Waals surface area (Å²) < 4.78 is 5.27. The Balaban J connectivity index is 1.61. The molecule has 19 heavy (non-hydrogen) atoms. The molecule has 2 aromatic heterocycles. The summed E-state index contributed by atoms with van der Waals surface area (Å²) in [5, 5.41) is 4.74. The number of fused-ring (bicyclic) bond motifs is 1. The Morgan fingerprint density at radius 3 is 3.11 bits per heavy atom. The fourth-order valence-electron chi connectivity index (χ4n) is 2.30. The van der Waals surface area contributed by atoms with Crippen molar-refractivity contribution in [2.45, 2.75) is 19.4 Å². The van der Waals surface area contributed by atoms with Gasteiger partial charge in [0.25, 0.3) is 0 Å². The third-order valence-corrected chi connectivity index (χ3v) is 3.40. The number of rotatable bonds is 5. The number of oxazole rings is 1. The molecule has 0 aliphatic rings. The number of benzene rings is 1. The SMILES string of the molecule is C[C@H](NCCc1c[nH]c2ccccc12)c1cnco1. The Labute approximate surface area is 111 Å². The molecule has 4 heteroatoms. The molecule has 98 valence electrons. The van der Waals surface area contributed by atoms with Crippen molar-refractivity contribution >= 4 is 10.9 Å². The number of hydrogen-bond acceptors (Lipinski definition) is 3. The quantitative estimate of drug-likeness (QED) is 0.736. The summed E-state index contributed by atoms with van der Waals surface area (Å²) in [5.74, 6) is 0.874. The summed E-state index contributed by atoms with van der Waals surface area (Å²) in [6, 6.07) is 8.56. The summed E-state index contributed by atoms with van der Waals surface area (Å²) >= 11 is 0. The van der Waals surface area contributed by atoms with E-state index in [1.54, 1.807) is 6.20 Å². The van der Waals surface area contributed by atoms with Gasteiger partial charge in [0.2, 0.25) is 0 Å². The van der Waals surface area contributed by atoms with Crippen LogP contribution in [-0.2, 0) is 6.42 Å². The van der Waals surface area contributed by atoms with Crippen molar-refractivity contribution in [1.82, 2.24) is 15.3 Å². The van der Waals surface area contributed by atoms with Gasteiger partial charge in [-0.15, -0.1) is 0 Å². The summed E-state index contributed by atoms with van der Waals surface area (Å²) in [7, 11) is 0. The third-order valence-electron chi connectivity index (χ3n) is 3.40. The molecule has 0 aliphatic carbocycles. The van der Waals surface area contributed by atoms with Gasteiger partial charge in [-0.3, -0.25) is 0 Å². The zero-order chi connectivity index (χ0) is 13.1. The largest absolute Gasteiger partial charge is 0.447 e. The van der Waals surface area contributed by atoms with Crippen molar-refractivity contribution < 1.29 is 4.42 Å². The van der Waals surface area contributed by atoms with Gasteiger partial charge in [0.05, 0.1) is 12.2 Å². The van der Waals surface area contributed by atoms with E-state index in [1.165, 1.54) is 22.9 Å². The Morgan fingerprint density at radius 2 is 2.26 bits per heavy atom. The average molecular weight is 255 g/mol. The number of para-hydroxylation sites is 1. The van der Waals surface area contributed by atoms with Crippen molar-refractivity contribution in [3.05, 3.63) is 54.4 Å². The molecule has 2 N–H and O–H groups in total. The molecular weight excluding hydrogens is 238 g/mol. The third kappa shape index (κ3) is 2.53. The molecule has 0 aliphatic heterocycles. The van der Waals surface area contributed by atoms with Crippen LogP contribution in [0.15, 0.2) is 47.5 Å². The maximum Gasteiger partial charge on any atom is 0.180 e. The summed E-state index contributed by atoms with van der Waals surface area (Å²) in [6.45, 7) is 2.99. The van der Waals surface area contributed by atoms with Gasteiger partial charge >= 0.3 is 0 Å². The minimum absolute atomic E-state index is 0.188. The number of H-pyrrole nitrogens is 1. The smallest absolute Gasteiger partial charge is 0.180 e. The van der Waals surface area contributed by atoms with Crippen molar-refractivity contribution in [1.29, 1.82) is 0 Å². The Kier molecular flexibility index (Phi) is 3.33. The molecule has 0 saturated heterocycles. The molecular formula is C15H17N3O. The first-order valence-corrected chi connectivity index (χ1v) is 6.51. The lowest BCUT2D eigenvalue weighted by Gasteiger charge is -2.10. The fraction of sp³-hybridized carbons (Fsp3) is 0.267. The zero-order valence-electron chi connectivity index (χ0n) is 10.9. The van der Waals surface area contributed by atoms with Gasteiger partial charge in [-0.05, 0) is 31.5 Å². The number of aromatic amines is 1. The van der Waals surface area contributed by atoms with Crippen LogP contribution in [0.5, 0.6) is 0 Å². The second-order valence-corrected chi connectivity index (χ2v) is 4.69. The highest BCUT2D eigenvalue weighted by atomic mass is 16.3. The van der Waals surface area contributed by atoms with Gasteiger partial charge in [-0.25, -0.2) is 4.98 Å². The van der Waals surface area contributed by atoms with Crippen molar-refractivity contribution in [3.63, 3.8) is 0 Å². The van der Waals surface area contributed by atoms with Crippen molar-refractivity contribution in [2.24, 2.45) is 0 Å². The van der Waals surface area contributed by atoms with Gasteiger partial charge in [0.1, 0.15) is 5.76 Å². The van der Waals surface area contributed by atoms with Gasteiger partial charge in [-0.1, -0.05) is 18.2 Å². The normalized spacial score (nSPS) is 12.9. The van der Waals surface area contributed by atoms with Gasteiger partial charge in [0.15, 0.2) is 6.39 Å². The van der Waals surface area contributed by atoms with Crippen molar-refractivity contribution in [2.75, 3.05) is 6.54 Å². The molecule has 4 nitrogen and oxygen atoms in total. The predicted molar refractivity (Wildman–Crippen MR) is 74.9 cm³/mol. The van der Waals surface area contributed by atoms with Crippen LogP contribution in [0.4, 0.5) is 0 Å². The lowest BCUT2D eigenvalue weighted by atomic mass is 10.1. The zero-order valence-corrected chi connectivity index (χ0v) is 10.9. The van der Waals surface area contributed by atoms with E-state index in [1.807, 2.05) is 6.07 Å². The van der Waals surface area contributed by atoms with E-state index in [0.29, 0.717) is 0 Å². The first-order chi connectivity index (χ1) is 9.34. The van der Waals surface area contributed by atoms with E-state index in [2.05, 4.69) is 46.6 Å². The molecule has 3 rings (SSSR count). The molecule has 2 heterocycles. The number of hydrogen-bond donors (Lipinski definition) is 2. The van der Waals surface area contributed by atoms with Crippen molar-refractivity contribution in [3.8, 4) is 0 Å². The van der Waals surface area contributed by atoms with E-state index in [9.17, 15) is 0 Å². The molecule has 0 radical (unpaired) electrons. The van der Waals surface area contributed by atoms with Gasteiger partial charge < -0.3 is 14.7 Å². The maximum atomic E-state index is 5.27. The lowest BCUT2D eigenvalue weighted by molar-refractivity contribution is 0.431. The molecule has 0 saturated carbocycles. The first-order valence-electron chi connectivity index (χ1n) is 6.51. The van der Waals surface area contributed by atoms with Crippen LogP contribution < -0.4 is 5.32 Å². The van der Waals surface area contributed by atoms with E-state index in [0.717, 1.165) is 18.7 Å². The molecule has 0 spiro atoms. The first kappa shape index (κ1) is 12.0. The molecule has 0 amide bonds. The van der Waals surface area contributed by atoms with Gasteiger partial charge in [-0.2, -0.15) is 0 Å². The van der Waals surface area contributed by atoms with Crippen LogP contribution in [-0.4, -0.2) is 16.5 Å². The maximum absolute atomic E-state index is 5.27. The molecule has 1 aromatic carbocycles. The van der Waals surface area contributed by atoms with Crippen LogP contribution in [0.2, 0.25) is 0 Å². The molecule has 0 fully saturated rings. The van der Waals surface area contributed by atoms with Crippen LogP contribution in [0, 0.1) is 0 Å². The summed E-state index contributed by atoms with van der Waals surface area (Å²) in [6.07, 6.45) is 6.30. The van der Waals surface area contributed by atoms with Crippen LogP contribution >= 0.6 is 0 Å². The Bertz CT molecular complexity index is 642.